The number of aliphatic hydroxyl groups excluding tert-OH is 1. The summed E-state index contributed by atoms with van der Waals surface area (Å²) in [7, 11) is 0. The molecule has 3 heteroatoms. The van der Waals surface area contributed by atoms with Crippen LogP contribution in [0.25, 0.3) is 0 Å². The second kappa shape index (κ2) is 2.94. The third kappa shape index (κ3) is 1.30. The Morgan fingerprint density at radius 1 is 1.38 bits per heavy atom. The van der Waals surface area contributed by atoms with Gasteiger partial charge in [-0.3, -0.25) is 0 Å². The van der Waals surface area contributed by atoms with Crippen molar-refractivity contribution in [3.63, 3.8) is 0 Å². The highest BCUT2D eigenvalue weighted by Crippen LogP contribution is 2.47. The van der Waals surface area contributed by atoms with Crippen molar-refractivity contribution in [2.24, 2.45) is 0 Å². The van der Waals surface area contributed by atoms with E-state index in [-0.39, 0.29) is 23.9 Å². The topological polar surface area (TPSA) is 38.7 Å². The van der Waals surface area contributed by atoms with E-state index in [4.69, 9.17) is 14.6 Å². The average Bonchev–Trinajstić information content (AvgIpc) is 2.60. The number of hydrogen-bond acceptors (Lipinski definition) is 3. The summed E-state index contributed by atoms with van der Waals surface area (Å²) in [5, 5.41) is 9.01. The van der Waals surface area contributed by atoms with Crippen molar-refractivity contribution in [3.05, 3.63) is 0 Å². The van der Waals surface area contributed by atoms with Crippen molar-refractivity contribution in [1.29, 1.82) is 0 Å². The Balaban J connectivity index is 2.13. The zero-order chi connectivity index (χ0) is 9.53. The Labute approximate surface area is 79.0 Å². The van der Waals surface area contributed by atoms with E-state index < -0.39 is 0 Å². The summed E-state index contributed by atoms with van der Waals surface area (Å²) in [6, 6.07) is 0. The minimum atomic E-state index is -0.184. The van der Waals surface area contributed by atoms with Gasteiger partial charge in [-0.1, -0.05) is 0 Å². The molecule has 0 aliphatic carbocycles. The van der Waals surface area contributed by atoms with E-state index in [0.29, 0.717) is 0 Å². The molecule has 2 atom stereocenters. The van der Waals surface area contributed by atoms with Gasteiger partial charge in [-0.05, 0) is 26.7 Å². The lowest BCUT2D eigenvalue weighted by Gasteiger charge is -2.36. The quantitative estimate of drug-likeness (QED) is 0.666. The van der Waals surface area contributed by atoms with E-state index in [1.165, 1.54) is 0 Å². The lowest BCUT2D eigenvalue weighted by Crippen LogP contribution is -2.46. The summed E-state index contributed by atoms with van der Waals surface area (Å²) in [6.45, 7) is 5.09. The molecule has 76 valence electrons. The van der Waals surface area contributed by atoms with E-state index in [0.717, 1.165) is 25.9 Å². The molecule has 0 bridgehead atoms. The molecule has 2 fully saturated rings. The normalized spacial score (nSPS) is 43.2. The molecule has 0 radical (unpaired) electrons. The Kier molecular flexibility index (Phi) is 2.13. The zero-order valence-corrected chi connectivity index (χ0v) is 8.38. The molecule has 0 aromatic rings. The van der Waals surface area contributed by atoms with Gasteiger partial charge in [0.05, 0.1) is 30.5 Å². The van der Waals surface area contributed by atoms with Crippen molar-refractivity contribution < 1.29 is 14.6 Å². The first-order valence-electron chi connectivity index (χ1n) is 5.02. The molecular formula is C10H18O3. The molecule has 0 saturated carbocycles. The third-order valence-electron chi connectivity index (χ3n) is 3.53. The summed E-state index contributed by atoms with van der Waals surface area (Å²) in [5.41, 5.74) is -0.308. The zero-order valence-electron chi connectivity index (χ0n) is 8.38. The van der Waals surface area contributed by atoms with Crippen molar-refractivity contribution in [2.75, 3.05) is 13.2 Å². The van der Waals surface area contributed by atoms with Crippen molar-refractivity contribution in [2.45, 2.75) is 50.4 Å². The molecule has 1 N–H and O–H groups in total. The van der Waals surface area contributed by atoms with E-state index in [1.807, 2.05) is 0 Å². The lowest BCUT2D eigenvalue weighted by atomic mass is 9.83. The Morgan fingerprint density at radius 3 is 2.62 bits per heavy atom. The highest BCUT2D eigenvalue weighted by atomic mass is 16.6. The first-order chi connectivity index (χ1) is 6.10. The molecule has 2 rings (SSSR count). The maximum Gasteiger partial charge on any atom is 0.0993 e. The molecule has 0 aromatic carbocycles. The number of aliphatic hydroxyl groups is 1. The monoisotopic (exact) mass is 186 g/mol. The third-order valence-corrected chi connectivity index (χ3v) is 3.53. The van der Waals surface area contributed by atoms with E-state index in [1.54, 1.807) is 0 Å². The summed E-state index contributed by atoms with van der Waals surface area (Å²) in [4.78, 5) is 0. The fraction of sp³-hybridized carbons (Fsp3) is 1.00. The SMILES string of the molecule is CC1(C)OCCC12CCC(CO)O2. The van der Waals surface area contributed by atoms with Gasteiger partial charge in [-0.25, -0.2) is 0 Å². The second-order valence-corrected chi connectivity index (χ2v) is 4.56. The molecule has 2 saturated heterocycles. The second-order valence-electron chi connectivity index (χ2n) is 4.56. The van der Waals surface area contributed by atoms with Crippen LogP contribution < -0.4 is 0 Å². The molecule has 2 aliphatic rings. The van der Waals surface area contributed by atoms with Crippen molar-refractivity contribution in [3.8, 4) is 0 Å². The highest BCUT2D eigenvalue weighted by Gasteiger charge is 2.55. The van der Waals surface area contributed by atoms with Crippen LogP contribution >= 0.6 is 0 Å². The van der Waals surface area contributed by atoms with Crippen LogP contribution in [-0.2, 0) is 9.47 Å². The lowest BCUT2D eigenvalue weighted by molar-refractivity contribution is -0.136. The minimum absolute atomic E-state index is 0.0287. The molecule has 1 spiro atoms. The van der Waals surface area contributed by atoms with Gasteiger partial charge in [0.15, 0.2) is 0 Å². The van der Waals surface area contributed by atoms with Crippen molar-refractivity contribution in [1.82, 2.24) is 0 Å². The number of hydrogen-bond donors (Lipinski definition) is 1. The van der Waals surface area contributed by atoms with Gasteiger partial charge >= 0.3 is 0 Å². The van der Waals surface area contributed by atoms with E-state index >= 15 is 0 Å². The van der Waals surface area contributed by atoms with Gasteiger partial charge in [0.25, 0.3) is 0 Å². The molecule has 2 unspecified atom stereocenters. The van der Waals surface area contributed by atoms with Gasteiger partial charge in [-0.2, -0.15) is 0 Å². The van der Waals surface area contributed by atoms with Crippen LogP contribution in [0.15, 0.2) is 0 Å². The van der Waals surface area contributed by atoms with Gasteiger partial charge < -0.3 is 14.6 Å². The molecular weight excluding hydrogens is 168 g/mol. The van der Waals surface area contributed by atoms with Crippen molar-refractivity contribution >= 4 is 0 Å². The number of ether oxygens (including phenoxy) is 2. The van der Waals surface area contributed by atoms with E-state index in [2.05, 4.69) is 13.8 Å². The van der Waals surface area contributed by atoms with Crippen LogP contribution in [0.1, 0.15) is 33.1 Å². The van der Waals surface area contributed by atoms with Crippen LogP contribution in [0, 0.1) is 0 Å². The smallest absolute Gasteiger partial charge is 0.0993 e. The minimum Gasteiger partial charge on any atom is -0.394 e. The highest BCUT2D eigenvalue weighted by molar-refractivity contribution is 5.04. The van der Waals surface area contributed by atoms with Crippen LogP contribution in [0.5, 0.6) is 0 Å². The van der Waals surface area contributed by atoms with Gasteiger partial charge in [0, 0.05) is 6.42 Å². The first kappa shape index (κ1) is 9.44. The first-order valence-corrected chi connectivity index (χ1v) is 5.02. The van der Waals surface area contributed by atoms with Gasteiger partial charge in [-0.15, -0.1) is 0 Å². The molecule has 3 nitrogen and oxygen atoms in total. The van der Waals surface area contributed by atoms with Crippen LogP contribution in [-0.4, -0.2) is 35.6 Å². The average molecular weight is 186 g/mol. The van der Waals surface area contributed by atoms with Gasteiger partial charge in [0.1, 0.15) is 0 Å². The Hall–Kier alpha value is -0.120. The van der Waals surface area contributed by atoms with E-state index in [9.17, 15) is 0 Å². The molecule has 2 aliphatic heterocycles. The summed E-state index contributed by atoms with van der Waals surface area (Å²) >= 11 is 0. The predicted octanol–water partition coefficient (Wildman–Crippen LogP) is 1.10. The summed E-state index contributed by atoms with van der Waals surface area (Å²) in [6.07, 6.45) is 2.98. The molecule has 0 aromatic heterocycles. The Morgan fingerprint density at radius 2 is 2.15 bits per heavy atom. The predicted molar refractivity (Wildman–Crippen MR) is 48.6 cm³/mol. The number of rotatable bonds is 1. The van der Waals surface area contributed by atoms with Crippen LogP contribution in [0.3, 0.4) is 0 Å². The molecule has 2 heterocycles. The van der Waals surface area contributed by atoms with Gasteiger partial charge in [0.2, 0.25) is 0 Å². The Bertz CT molecular complexity index is 202. The molecule has 13 heavy (non-hydrogen) atoms. The summed E-state index contributed by atoms with van der Waals surface area (Å²) in [5.74, 6) is 0. The standard InChI is InChI=1S/C10H18O3/c1-9(2)10(5-6-12-9)4-3-8(7-11)13-10/h8,11H,3-7H2,1-2H3. The van der Waals surface area contributed by atoms with Crippen LogP contribution in [0.2, 0.25) is 0 Å². The summed E-state index contributed by atoms with van der Waals surface area (Å²) < 4.78 is 11.6. The fourth-order valence-electron chi connectivity index (χ4n) is 2.49. The maximum absolute atomic E-state index is 9.01. The molecule has 0 amide bonds. The largest absolute Gasteiger partial charge is 0.394 e. The maximum atomic E-state index is 9.01. The van der Waals surface area contributed by atoms with Crippen LogP contribution in [0.4, 0.5) is 0 Å². The fourth-order valence-corrected chi connectivity index (χ4v) is 2.49.